The van der Waals surface area contributed by atoms with Gasteiger partial charge >= 0.3 is 12.1 Å². The summed E-state index contributed by atoms with van der Waals surface area (Å²) in [7, 11) is 0. The fourth-order valence-electron chi connectivity index (χ4n) is 3.83. The number of ether oxygens (including phenoxy) is 1. The number of hydrogen-bond donors (Lipinski definition) is 3. The number of aliphatic carboxylic acids is 1. The van der Waals surface area contributed by atoms with Gasteiger partial charge in [0.15, 0.2) is 10.9 Å². The summed E-state index contributed by atoms with van der Waals surface area (Å²) in [5, 5.41) is 15.6. The van der Waals surface area contributed by atoms with Crippen LogP contribution in [-0.2, 0) is 23.9 Å². The molecule has 1 aromatic rings. The van der Waals surface area contributed by atoms with Crippen LogP contribution in [-0.4, -0.2) is 66.9 Å². The van der Waals surface area contributed by atoms with Crippen LogP contribution in [0.25, 0.3) is 5.57 Å². The van der Waals surface area contributed by atoms with Crippen LogP contribution < -0.4 is 10.6 Å². The number of rotatable bonds is 7. The SMILES string of the molecule is CC/C=C(\C(=O)NC1C(=O)N2C(C(=O)O)=C(C(C)=O)C(C)SC12)c1csc(NC(=O)OC(C)(C)C)n1. The number of Topliss-reactive ketones (excluding diaryl/α,β-unsaturated/α-hetero) is 1. The van der Waals surface area contributed by atoms with E-state index in [4.69, 9.17) is 4.74 Å². The van der Waals surface area contributed by atoms with Crippen molar-refractivity contribution in [2.45, 2.75) is 70.2 Å². The van der Waals surface area contributed by atoms with Crippen molar-refractivity contribution < 1.29 is 33.8 Å². The molecule has 194 valence electrons. The number of nitrogens with one attached hydrogen (secondary N) is 2. The predicted octanol–water partition coefficient (Wildman–Crippen LogP) is 3.00. The molecular weight excluding hydrogens is 508 g/mol. The molecule has 11 nitrogen and oxygen atoms in total. The average Bonchev–Trinajstić information content (AvgIpc) is 3.20. The molecule has 0 radical (unpaired) electrons. The molecule has 3 heterocycles. The lowest BCUT2D eigenvalue weighted by Gasteiger charge is -2.50. The van der Waals surface area contributed by atoms with Crippen LogP contribution in [0.3, 0.4) is 0 Å². The molecule has 1 fully saturated rings. The quantitative estimate of drug-likeness (QED) is 0.352. The molecule has 3 N–H and O–H groups in total. The van der Waals surface area contributed by atoms with Crippen molar-refractivity contribution in [3.05, 3.63) is 28.4 Å². The Balaban J connectivity index is 1.77. The van der Waals surface area contributed by atoms with Crippen molar-refractivity contribution in [3.8, 4) is 0 Å². The zero-order valence-electron chi connectivity index (χ0n) is 20.7. The zero-order valence-corrected chi connectivity index (χ0v) is 22.3. The van der Waals surface area contributed by atoms with Gasteiger partial charge in [0.1, 0.15) is 22.7 Å². The number of β-lactam (4-membered cyclic amide) rings is 1. The topological polar surface area (TPSA) is 155 Å². The second-order valence-electron chi connectivity index (χ2n) is 9.14. The average molecular weight is 537 g/mol. The summed E-state index contributed by atoms with van der Waals surface area (Å²) in [6.07, 6.45) is 1.48. The Labute approximate surface area is 216 Å². The van der Waals surface area contributed by atoms with Crippen molar-refractivity contribution in [1.82, 2.24) is 15.2 Å². The molecular formula is C23H28N4O7S2. The minimum atomic E-state index is -1.37. The molecule has 13 heteroatoms. The van der Waals surface area contributed by atoms with Crippen LogP contribution in [0.5, 0.6) is 0 Å². The molecule has 3 atom stereocenters. The molecule has 1 aromatic heterocycles. The maximum absolute atomic E-state index is 13.2. The fourth-order valence-corrected chi connectivity index (χ4v) is 6.03. The number of fused-ring (bicyclic) bond motifs is 1. The number of amides is 3. The first kappa shape index (κ1) is 27.4. The Bertz CT molecular complexity index is 1180. The first-order chi connectivity index (χ1) is 16.7. The Morgan fingerprint density at radius 1 is 1.28 bits per heavy atom. The van der Waals surface area contributed by atoms with E-state index in [0.717, 1.165) is 16.2 Å². The monoisotopic (exact) mass is 536 g/mol. The van der Waals surface area contributed by atoms with E-state index in [2.05, 4.69) is 15.6 Å². The number of carbonyl (C=O) groups is 5. The lowest BCUT2D eigenvalue weighted by Crippen LogP contribution is -2.71. The molecule has 0 aliphatic carbocycles. The Hall–Kier alpha value is -3.19. The van der Waals surface area contributed by atoms with E-state index in [1.807, 2.05) is 6.92 Å². The van der Waals surface area contributed by atoms with Gasteiger partial charge in [-0.3, -0.25) is 24.6 Å². The molecule has 1 saturated heterocycles. The molecule has 0 aromatic carbocycles. The number of allylic oxidation sites excluding steroid dienone is 1. The highest BCUT2D eigenvalue weighted by atomic mass is 32.2. The van der Waals surface area contributed by atoms with Gasteiger partial charge in [0, 0.05) is 16.2 Å². The first-order valence-electron chi connectivity index (χ1n) is 11.2. The van der Waals surface area contributed by atoms with Gasteiger partial charge in [0.2, 0.25) is 0 Å². The Kier molecular flexibility index (Phi) is 7.94. The highest BCUT2D eigenvalue weighted by molar-refractivity contribution is 8.01. The molecule has 3 unspecified atom stereocenters. The van der Waals surface area contributed by atoms with Crippen LogP contribution in [0.1, 0.15) is 53.7 Å². The smallest absolute Gasteiger partial charge is 0.413 e. The number of carboxylic acid groups (broad SMARTS) is 1. The lowest BCUT2D eigenvalue weighted by atomic mass is 9.98. The Morgan fingerprint density at radius 3 is 2.50 bits per heavy atom. The number of nitrogens with zero attached hydrogens (tertiary/aromatic N) is 2. The van der Waals surface area contributed by atoms with Crippen molar-refractivity contribution in [3.63, 3.8) is 0 Å². The molecule has 0 spiro atoms. The summed E-state index contributed by atoms with van der Waals surface area (Å²) in [5.74, 6) is -2.95. The number of ketones is 1. The van der Waals surface area contributed by atoms with Crippen LogP contribution in [0, 0.1) is 0 Å². The molecule has 0 bridgehead atoms. The van der Waals surface area contributed by atoms with Crippen LogP contribution in [0.15, 0.2) is 22.7 Å². The third-order valence-electron chi connectivity index (χ3n) is 5.20. The second kappa shape index (κ2) is 10.4. The fraction of sp³-hybridized carbons (Fsp3) is 0.478. The molecule has 3 amide bonds. The summed E-state index contributed by atoms with van der Waals surface area (Å²) in [6, 6.07) is -0.967. The maximum Gasteiger partial charge on any atom is 0.413 e. The normalized spacial score (nSPS) is 21.9. The summed E-state index contributed by atoms with van der Waals surface area (Å²) >= 11 is 2.35. The van der Waals surface area contributed by atoms with E-state index in [0.29, 0.717) is 12.1 Å². The van der Waals surface area contributed by atoms with Crippen LogP contribution in [0.4, 0.5) is 9.93 Å². The van der Waals surface area contributed by atoms with Gasteiger partial charge in [-0.15, -0.1) is 23.1 Å². The molecule has 0 saturated carbocycles. The third-order valence-corrected chi connectivity index (χ3v) is 7.36. The van der Waals surface area contributed by atoms with E-state index in [1.54, 1.807) is 39.2 Å². The van der Waals surface area contributed by atoms with Gasteiger partial charge in [-0.1, -0.05) is 13.0 Å². The minimum Gasteiger partial charge on any atom is -0.477 e. The maximum atomic E-state index is 13.2. The van der Waals surface area contributed by atoms with Gasteiger partial charge in [-0.05, 0) is 41.0 Å². The van der Waals surface area contributed by atoms with Gasteiger partial charge in [0.05, 0.1) is 11.3 Å². The second-order valence-corrected chi connectivity index (χ2v) is 11.5. The van der Waals surface area contributed by atoms with Gasteiger partial charge in [-0.2, -0.15) is 0 Å². The molecule has 2 aliphatic rings. The van der Waals surface area contributed by atoms with E-state index in [9.17, 15) is 29.1 Å². The number of carboxylic acids is 1. The third kappa shape index (κ3) is 5.62. The van der Waals surface area contributed by atoms with Crippen molar-refractivity contribution in [1.29, 1.82) is 0 Å². The summed E-state index contributed by atoms with van der Waals surface area (Å²) in [6.45, 7) is 9.99. The first-order valence-corrected chi connectivity index (χ1v) is 13.0. The highest BCUT2D eigenvalue weighted by Gasteiger charge is 2.56. The molecule has 2 aliphatic heterocycles. The van der Waals surface area contributed by atoms with E-state index in [1.165, 1.54) is 18.7 Å². The number of thioether (sulfide) groups is 1. The summed E-state index contributed by atoms with van der Waals surface area (Å²) in [4.78, 5) is 67.3. The highest BCUT2D eigenvalue weighted by Crippen LogP contribution is 2.44. The largest absolute Gasteiger partial charge is 0.477 e. The summed E-state index contributed by atoms with van der Waals surface area (Å²) in [5.41, 5.74) is -0.430. The van der Waals surface area contributed by atoms with E-state index < -0.39 is 51.9 Å². The summed E-state index contributed by atoms with van der Waals surface area (Å²) < 4.78 is 5.21. The van der Waals surface area contributed by atoms with E-state index in [-0.39, 0.29) is 22.0 Å². The molecule has 3 rings (SSSR count). The lowest BCUT2D eigenvalue weighted by molar-refractivity contribution is -0.150. The number of anilines is 1. The van der Waals surface area contributed by atoms with E-state index >= 15 is 0 Å². The number of hydrogen-bond acceptors (Lipinski definition) is 9. The Morgan fingerprint density at radius 2 is 1.94 bits per heavy atom. The van der Waals surface area contributed by atoms with Crippen molar-refractivity contribution >= 4 is 63.5 Å². The van der Waals surface area contributed by atoms with Crippen molar-refractivity contribution in [2.75, 3.05) is 5.32 Å². The van der Waals surface area contributed by atoms with Crippen molar-refractivity contribution in [2.24, 2.45) is 0 Å². The molecule has 36 heavy (non-hydrogen) atoms. The number of carbonyl (C=O) groups excluding carboxylic acids is 4. The van der Waals surface area contributed by atoms with Crippen LogP contribution >= 0.6 is 23.1 Å². The predicted molar refractivity (Wildman–Crippen MR) is 135 cm³/mol. The van der Waals surface area contributed by atoms with Gasteiger partial charge < -0.3 is 15.2 Å². The standard InChI is InChI=1S/C23H28N4O7S2/c1-7-8-12(13-9-35-21(24-13)26-22(33)34-23(4,5)6)17(29)25-15-18(30)27-16(20(31)32)14(10(2)28)11(3)36-19(15)27/h8-9,11,15,19H,7H2,1-6H3,(H,25,29)(H,31,32)(H,24,26,33)/b12-8-. The number of aromatic nitrogens is 1. The van der Waals surface area contributed by atoms with Gasteiger partial charge in [0.25, 0.3) is 11.8 Å². The minimum absolute atomic E-state index is 0.0703. The van der Waals surface area contributed by atoms with Gasteiger partial charge in [-0.25, -0.2) is 14.6 Å². The number of thiazole rings is 1. The van der Waals surface area contributed by atoms with Crippen LogP contribution in [0.2, 0.25) is 0 Å². The zero-order chi connectivity index (χ0) is 26.9.